The van der Waals surface area contributed by atoms with Crippen LogP contribution in [-0.2, 0) is 9.59 Å². The van der Waals surface area contributed by atoms with Crippen molar-refractivity contribution < 1.29 is 9.59 Å². The predicted molar refractivity (Wildman–Crippen MR) is 109 cm³/mol. The highest BCUT2D eigenvalue weighted by atomic mass is 32.2. The molecule has 1 saturated heterocycles. The maximum atomic E-state index is 12.6. The third kappa shape index (κ3) is 3.78. The Kier molecular flexibility index (Phi) is 5.67. The molecule has 5 heteroatoms. The molecule has 2 aromatic carbocycles. The Morgan fingerprint density at radius 2 is 2.00 bits per heavy atom. The van der Waals surface area contributed by atoms with E-state index in [0.29, 0.717) is 12.2 Å². The molecule has 1 atom stereocenters. The quantitative estimate of drug-likeness (QED) is 0.823. The highest BCUT2D eigenvalue weighted by Gasteiger charge is 2.36. The van der Waals surface area contributed by atoms with E-state index in [1.807, 2.05) is 62.1 Å². The van der Waals surface area contributed by atoms with E-state index in [0.717, 1.165) is 28.9 Å². The molecule has 0 spiro atoms. The third-order valence-electron chi connectivity index (χ3n) is 4.46. The number of hydrogen-bond acceptors (Lipinski definition) is 3. The van der Waals surface area contributed by atoms with Gasteiger partial charge < -0.3 is 5.32 Å². The zero-order chi connectivity index (χ0) is 18.7. The second-order valence-corrected chi connectivity index (χ2v) is 7.67. The number of aryl methyl sites for hydroxylation is 2. The van der Waals surface area contributed by atoms with Crippen LogP contribution in [0, 0.1) is 13.8 Å². The van der Waals surface area contributed by atoms with Crippen molar-refractivity contribution in [1.82, 2.24) is 0 Å². The minimum absolute atomic E-state index is 0.00680. The van der Waals surface area contributed by atoms with Gasteiger partial charge in [0.25, 0.3) is 0 Å². The van der Waals surface area contributed by atoms with Crippen LogP contribution in [0.4, 0.5) is 11.4 Å². The first-order chi connectivity index (χ1) is 12.5. The number of nitrogens with zero attached hydrogens (tertiary/aromatic N) is 1. The van der Waals surface area contributed by atoms with Gasteiger partial charge in [-0.15, -0.1) is 11.8 Å². The van der Waals surface area contributed by atoms with Gasteiger partial charge in [0.1, 0.15) is 5.37 Å². The smallest absolute Gasteiger partial charge is 0.238 e. The summed E-state index contributed by atoms with van der Waals surface area (Å²) in [6, 6.07) is 13.9. The van der Waals surface area contributed by atoms with Gasteiger partial charge in [-0.05, 0) is 38.0 Å². The molecule has 0 bridgehead atoms. The van der Waals surface area contributed by atoms with E-state index in [1.54, 1.807) is 11.8 Å². The van der Waals surface area contributed by atoms with Crippen molar-refractivity contribution >= 4 is 35.0 Å². The molecule has 136 valence electrons. The molecule has 0 aliphatic carbocycles. The van der Waals surface area contributed by atoms with E-state index < -0.39 is 0 Å². The van der Waals surface area contributed by atoms with Crippen molar-refractivity contribution in [1.29, 1.82) is 0 Å². The molecule has 2 amide bonds. The van der Waals surface area contributed by atoms with Gasteiger partial charge in [0.2, 0.25) is 11.8 Å². The fourth-order valence-corrected chi connectivity index (χ4v) is 4.46. The summed E-state index contributed by atoms with van der Waals surface area (Å²) in [7, 11) is 0. The van der Waals surface area contributed by atoms with E-state index in [9.17, 15) is 9.59 Å². The number of carbonyl (C=O) groups excluding carboxylic acids is 2. The summed E-state index contributed by atoms with van der Waals surface area (Å²) in [5.41, 5.74) is 4.94. The van der Waals surface area contributed by atoms with Crippen LogP contribution < -0.4 is 10.2 Å². The lowest BCUT2D eigenvalue weighted by atomic mass is 10.1. The van der Waals surface area contributed by atoms with Crippen molar-refractivity contribution in [3.63, 3.8) is 0 Å². The van der Waals surface area contributed by atoms with Crippen LogP contribution in [0.15, 0.2) is 42.5 Å². The van der Waals surface area contributed by atoms with Crippen molar-refractivity contribution in [2.45, 2.75) is 39.0 Å². The maximum Gasteiger partial charge on any atom is 0.238 e. The average Bonchev–Trinajstić information content (AvgIpc) is 2.97. The number of nitrogens with one attached hydrogen (secondary N) is 1. The van der Waals surface area contributed by atoms with Gasteiger partial charge in [-0.1, -0.05) is 42.8 Å². The fourth-order valence-electron chi connectivity index (χ4n) is 3.26. The molecule has 4 nitrogen and oxygen atoms in total. The number of carbonyl (C=O) groups is 2. The average molecular weight is 369 g/mol. The molecule has 26 heavy (non-hydrogen) atoms. The van der Waals surface area contributed by atoms with Crippen LogP contribution in [0.3, 0.4) is 0 Å². The molecule has 1 N–H and O–H groups in total. The predicted octanol–water partition coefficient (Wildman–Crippen LogP) is 4.82. The highest BCUT2D eigenvalue weighted by Crippen LogP contribution is 2.45. The van der Waals surface area contributed by atoms with E-state index in [1.165, 1.54) is 5.56 Å². The summed E-state index contributed by atoms with van der Waals surface area (Å²) in [4.78, 5) is 26.6. The van der Waals surface area contributed by atoms with E-state index in [2.05, 4.69) is 11.4 Å². The van der Waals surface area contributed by atoms with Crippen LogP contribution >= 0.6 is 11.8 Å². The highest BCUT2D eigenvalue weighted by molar-refractivity contribution is 8.00. The van der Waals surface area contributed by atoms with Gasteiger partial charge in [0.05, 0.1) is 5.75 Å². The van der Waals surface area contributed by atoms with Gasteiger partial charge in [-0.3, -0.25) is 14.5 Å². The fraction of sp³-hybridized carbons (Fsp3) is 0.333. The molecule has 2 aromatic rings. The van der Waals surface area contributed by atoms with Crippen molar-refractivity contribution in [2.24, 2.45) is 0 Å². The van der Waals surface area contributed by atoms with E-state index >= 15 is 0 Å². The minimum atomic E-state index is -0.137. The normalized spacial score (nSPS) is 16.8. The summed E-state index contributed by atoms with van der Waals surface area (Å²) >= 11 is 1.60. The Balaban J connectivity index is 1.97. The standard InChI is InChI=1S/C21H24N2O2S/c1-4-7-19(24)22-17-9-6-5-8-16(17)21-23(20(25)13-26-21)18-11-10-14(2)12-15(18)3/h5-6,8-12,21H,4,7,13H2,1-3H3,(H,22,24)/t21-/m1/s1. The number of rotatable bonds is 5. The lowest BCUT2D eigenvalue weighted by molar-refractivity contribution is -0.116. The third-order valence-corrected chi connectivity index (χ3v) is 5.65. The summed E-state index contributed by atoms with van der Waals surface area (Å²) in [6.07, 6.45) is 1.30. The van der Waals surface area contributed by atoms with Crippen LogP contribution in [0.25, 0.3) is 0 Å². The zero-order valence-electron chi connectivity index (χ0n) is 15.4. The van der Waals surface area contributed by atoms with Gasteiger partial charge in [-0.25, -0.2) is 0 Å². The lowest BCUT2D eigenvalue weighted by Crippen LogP contribution is -2.29. The second-order valence-electron chi connectivity index (χ2n) is 6.60. The van der Waals surface area contributed by atoms with Crippen molar-refractivity contribution in [2.75, 3.05) is 16.0 Å². The van der Waals surface area contributed by atoms with Crippen LogP contribution in [0.5, 0.6) is 0 Å². The summed E-state index contributed by atoms with van der Waals surface area (Å²) in [5.74, 6) is 0.545. The Bertz CT molecular complexity index is 835. The molecular weight excluding hydrogens is 344 g/mol. The Morgan fingerprint density at radius 1 is 1.23 bits per heavy atom. The first kappa shape index (κ1) is 18.5. The minimum Gasteiger partial charge on any atom is -0.326 e. The second kappa shape index (κ2) is 7.96. The first-order valence-corrected chi connectivity index (χ1v) is 9.96. The van der Waals surface area contributed by atoms with Crippen LogP contribution in [0.1, 0.15) is 41.8 Å². The van der Waals surface area contributed by atoms with E-state index in [4.69, 9.17) is 0 Å². The molecule has 3 rings (SSSR count). The summed E-state index contributed by atoms with van der Waals surface area (Å²) < 4.78 is 0. The first-order valence-electron chi connectivity index (χ1n) is 8.91. The molecule has 0 saturated carbocycles. The Morgan fingerprint density at radius 3 is 2.73 bits per heavy atom. The molecular formula is C21H24N2O2S. The molecule has 0 aromatic heterocycles. The number of para-hydroxylation sites is 1. The van der Waals surface area contributed by atoms with Gasteiger partial charge in [0, 0.05) is 23.4 Å². The van der Waals surface area contributed by atoms with Crippen LogP contribution in [0.2, 0.25) is 0 Å². The maximum absolute atomic E-state index is 12.6. The molecule has 1 aliphatic rings. The van der Waals surface area contributed by atoms with Gasteiger partial charge in [0.15, 0.2) is 0 Å². The van der Waals surface area contributed by atoms with Crippen molar-refractivity contribution in [3.8, 4) is 0 Å². The molecule has 0 unspecified atom stereocenters. The van der Waals surface area contributed by atoms with E-state index in [-0.39, 0.29) is 17.2 Å². The topological polar surface area (TPSA) is 49.4 Å². The SMILES string of the molecule is CCCC(=O)Nc1ccccc1[C@H]1SCC(=O)N1c1ccc(C)cc1C. The summed E-state index contributed by atoms with van der Waals surface area (Å²) in [5, 5.41) is 2.87. The molecule has 1 fully saturated rings. The van der Waals surface area contributed by atoms with Gasteiger partial charge in [-0.2, -0.15) is 0 Å². The number of anilines is 2. The van der Waals surface area contributed by atoms with Crippen molar-refractivity contribution in [3.05, 3.63) is 59.2 Å². The zero-order valence-corrected chi connectivity index (χ0v) is 16.2. The number of hydrogen-bond donors (Lipinski definition) is 1. The monoisotopic (exact) mass is 368 g/mol. The Hall–Kier alpha value is -2.27. The molecule has 1 aliphatic heterocycles. The lowest BCUT2D eigenvalue weighted by Gasteiger charge is -2.27. The number of amides is 2. The largest absolute Gasteiger partial charge is 0.326 e. The Labute approximate surface area is 159 Å². The number of thioether (sulfide) groups is 1. The molecule has 0 radical (unpaired) electrons. The number of benzene rings is 2. The van der Waals surface area contributed by atoms with Crippen LogP contribution in [-0.4, -0.2) is 17.6 Å². The molecule has 1 heterocycles. The summed E-state index contributed by atoms with van der Waals surface area (Å²) in [6.45, 7) is 6.07. The van der Waals surface area contributed by atoms with Gasteiger partial charge >= 0.3 is 0 Å².